The minimum atomic E-state index is -3.66. The molecule has 0 radical (unpaired) electrons. The van der Waals surface area contributed by atoms with Crippen LogP contribution in [0.2, 0.25) is 0 Å². The molecule has 3 aromatic carbocycles. The topological polar surface area (TPSA) is 83.5 Å². The summed E-state index contributed by atoms with van der Waals surface area (Å²) in [5.74, 6) is -1.20. The van der Waals surface area contributed by atoms with Crippen LogP contribution in [0.15, 0.2) is 72.8 Å². The number of nitrogens with one attached hydrogen (secondary N) is 1. The van der Waals surface area contributed by atoms with Crippen LogP contribution in [0.4, 0.5) is 5.69 Å². The number of hydrogen-bond acceptors (Lipinski definition) is 3. The lowest BCUT2D eigenvalue weighted by molar-refractivity contribution is 0.0698. The van der Waals surface area contributed by atoms with Gasteiger partial charge in [0.05, 0.1) is 17.0 Å². The number of carboxylic acid groups (broad SMARTS) is 1. The van der Waals surface area contributed by atoms with Gasteiger partial charge < -0.3 is 5.11 Å². The normalized spacial score (nSPS) is 11.3. The summed E-state index contributed by atoms with van der Waals surface area (Å²) in [6.07, 6.45) is 5.81. The molecule has 0 aromatic heterocycles. The van der Waals surface area contributed by atoms with Crippen molar-refractivity contribution in [1.29, 1.82) is 0 Å². The van der Waals surface area contributed by atoms with Crippen LogP contribution >= 0.6 is 0 Å². The summed E-state index contributed by atoms with van der Waals surface area (Å²) >= 11 is 0. The molecule has 0 amide bonds. The van der Waals surface area contributed by atoms with Crippen molar-refractivity contribution in [3.8, 4) is 22.3 Å². The highest BCUT2D eigenvalue weighted by Crippen LogP contribution is 2.34. The Balaban J connectivity index is 1.87. The van der Waals surface area contributed by atoms with E-state index in [9.17, 15) is 18.3 Å². The Morgan fingerprint density at radius 3 is 2.06 bits per heavy atom. The lowest BCUT2D eigenvalue weighted by Crippen LogP contribution is -2.18. The van der Waals surface area contributed by atoms with Crippen molar-refractivity contribution in [3.05, 3.63) is 78.4 Å². The number of carboxylic acids is 1. The molecule has 5 nitrogen and oxygen atoms in total. The highest BCUT2D eigenvalue weighted by atomic mass is 32.2. The van der Waals surface area contributed by atoms with Gasteiger partial charge in [-0.3, -0.25) is 4.72 Å². The monoisotopic (exact) mass is 465 g/mol. The zero-order valence-corrected chi connectivity index (χ0v) is 19.8. The molecule has 0 saturated heterocycles. The summed E-state index contributed by atoms with van der Waals surface area (Å²) in [6, 6.07) is 22.5. The van der Waals surface area contributed by atoms with E-state index in [-0.39, 0.29) is 17.0 Å². The van der Waals surface area contributed by atoms with Crippen LogP contribution in [0.1, 0.15) is 55.8 Å². The van der Waals surface area contributed by atoms with Crippen molar-refractivity contribution in [2.75, 3.05) is 10.5 Å². The van der Waals surface area contributed by atoms with E-state index >= 15 is 0 Å². The second kappa shape index (κ2) is 11.7. The maximum atomic E-state index is 12.7. The van der Waals surface area contributed by atoms with E-state index < -0.39 is 16.0 Å². The zero-order valence-electron chi connectivity index (χ0n) is 19.0. The maximum Gasteiger partial charge on any atom is 0.337 e. The third-order valence-corrected chi connectivity index (χ3v) is 6.96. The Labute approximate surface area is 196 Å². The summed E-state index contributed by atoms with van der Waals surface area (Å²) in [4.78, 5) is 11.8. The van der Waals surface area contributed by atoms with Crippen molar-refractivity contribution in [2.24, 2.45) is 0 Å². The summed E-state index contributed by atoms with van der Waals surface area (Å²) in [5.41, 5.74) is 3.69. The van der Waals surface area contributed by atoms with E-state index in [4.69, 9.17) is 0 Å². The highest BCUT2D eigenvalue weighted by molar-refractivity contribution is 7.92. The predicted molar refractivity (Wildman–Crippen MR) is 135 cm³/mol. The van der Waals surface area contributed by atoms with Crippen molar-refractivity contribution >= 4 is 21.7 Å². The fourth-order valence-corrected chi connectivity index (χ4v) is 5.07. The highest BCUT2D eigenvalue weighted by Gasteiger charge is 2.18. The summed E-state index contributed by atoms with van der Waals surface area (Å²) in [7, 11) is -3.66. The van der Waals surface area contributed by atoms with Crippen LogP contribution in [0.3, 0.4) is 0 Å². The lowest BCUT2D eigenvalue weighted by Gasteiger charge is -2.15. The number of unbranched alkanes of at least 4 members (excludes halogenated alkanes) is 5. The molecule has 0 atom stereocenters. The molecular weight excluding hydrogens is 434 g/mol. The largest absolute Gasteiger partial charge is 0.478 e. The van der Waals surface area contributed by atoms with Gasteiger partial charge in [-0.1, -0.05) is 99.7 Å². The van der Waals surface area contributed by atoms with Gasteiger partial charge in [0.25, 0.3) is 0 Å². The molecule has 0 aliphatic carbocycles. The molecule has 0 saturated carbocycles. The number of sulfonamides is 1. The minimum absolute atomic E-state index is 0.0248. The first-order chi connectivity index (χ1) is 15.9. The zero-order chi connectivity index (χ0) is 23.7. The second-order valence-electron chi connectivity index (χ2n) is 8.17. The van der Waals surface area contributed by atoms with Crippen molar-refractivity contribution < 1.29 is 18.3 Å². The Hall–Kier alpha value is -3.12. The molecule has 0 aliphatic rings. The SMILES string of the molecule is CCCCCCCCS(=O)(=O)Nc1cc(-c2ccccc2-c2ccccc2)ccc1C(=O)O. The van der Waals surface area contributed by atoms with E-state index in [0.29, 0.717) is 6.42 Å². The van der Waals surface area contributed by atoms with Gasteiger partial charge in [0.1, 0.15) is 0 Å². The summed E-state index contributed by atoms with van der Waals surface area (Å²) in [6.45, 7) is 2.14. The van der Waals surface area contributed by atoms with Gasteiger partial charge in [0, 0.05) is 0 Å². The Bertz CT molecular complexity index is 1170. The average Bonchev–Trinajstić information content (AvgIpc) is 2.81. The van der Waals surface area contributed by atoms with Crippen LogP contribution in [0.5, 0.6) is 0 Å². The van der Waals surface area contributed by atoms with Gasteiger partial charge in [0.15, 0.2) is 0 Å². The van der Waals surface area contributed by atoms with Crippen LogP contribution in [0, 0.1) is 0 Å². The molecular formula is C27H31NO4S. The summed E-state index contributed by atoms with van der Waals surface area (Å²) < 4.78 is 27.9. The number of benzene rings is 3. The predicted octanol–water partition coefficient (Wildman–Crippen LogP) is 6.82. The van der Waals surface area contributed by atoms with Crippen LogP contribution < -0.4 is 4.72 Å². The summed E-state index contributed by atoms with van der Waals surface area (Å²) in [5, 5.41) is 9.62. The quantitative estimate of drug-likeness (QED) is 0.287. The fraction of sp³-hybridized carbons (Fsp3) is 0.296. The first kappa shape index (κ1) is 24.5. The third kappa shape index (κ3) is 6.93. The smallest absolute Gasteiger partial charge is 0.337 e. The number of rotatable bonds is 12. The number of carbonyl (C=O) groups is 1. The minimum Gasteiger partial charge on any atom is -0.478 e. The second-order valence-corrected chi connectivity index (χ2v) is 10.0. The van der Waals surface area contributed by atoms with E-state index in [2.05, 4.69) is 11.6 Å². The van der Waals surface area contributed by atoms with Crippen LogP contribution in [0.25, 0.3) is 22.3 Å². The third-order valence-electron chi connectivity index (χ3n) is 5.60. The molecule has 6 heteroatoms. The molecule has 0 fully saturated rings. The van der Waals surface area contributed by atoms with Gasteiger partial charge in [0.2, 0.25) is 10.0 Å². The fourth-order valence-electron chi connectivity index (χ4n) is 3.88. The molecule has 2 N–H and O–H groups in total. The lowest BCUT2D eigenvalue weighted by atomic mass is 9.93. The molecule has 33 heavy (non-hydrogen) atoms. The van der Waals surface area contributed by atoms with Gasteiger partial charge in [-0.2, -0.15) is 0 Å². The molecule has 3 aromatic rings. The molecule has 0 unspecified atom stereocenters. The van der Waals surface area contributed by atoms with Gasteiger partial charge in [-0.05, 0) is 40.8 Å². The average molecular weight is 466 g/mol. The van der Waals surface area contributed by atoms with Crippen LogP contribution in [-0.2, 0) is 10.0 Å². The first-order valence-electron chi connectivity index (χ1n) is 11.4. The van der Waals surface area contributed by atoms with Crippen molar-refractivity contribution in [2.45, 2.75) is 45.4 Å². The van der Waals surface area contributed by atoms with Crippen molar-refractivity contribution in [3.63, 3.8) is 0 Å². The maximum absolute atomic E-state index is 12.7. The van der Waals surface area contributed by atoms with Crippen molar-refractivity contribution in [1.82, 2.24) is 0 Å². The molecule has 174 valence electrons. The van der Waals surface area contributed by atoms with E-state index in [1.54, 1.807) is 12.1 Å². The standard InChI is InChI=1S/C27H31NO4S/c1-2-3-4-5-6-12-19-33(31,32)28-26-20-22(17-18-25(26)27(29)30)24-16-11-10-15-23(24)21-13-8-7-9-14-21/h7-11,13-18,20,28H,2-6,12,19H2,1H3,(H,29,30). The van der Waals surface area contributed by atoms with E-state index in [1.165, 1.54) is 6.07 Å². The molecule has 0 aliphatic heterocycles. The number of hydrogen-bond donors (Lipinski definition) is 2. The van der Waals surface area contributed by atoms with E-state index in [1.807, 2.05) is 54.6 Å². The van der Waals surface area contributed by atoms with E-state index in [0.717, 1.165) is 54.4 Å². The Kier molecular flexibility index (Phi) is 8.66. The molecule has 0 spiro atoms. The molecule has 0 bridgehead atoms. The van der Waals surface area contributed by atoms with Gasteiger partial charge in [-0.15, -0.1) is 0 Å². The molecule has 0 heterocycles. The van der Waals surface area contributed by atoms with Crippen LogP contribution in [-0.4, -0.2) is 25.2 Å². The first-order valence-corrected chi connectivity index (χ1v) is 13.1. The van der Waals surface area contributed by atoms with Gasteiger partial charge >= 0.3 is 5.97 Å². The Morgan fingerprint density at radius 2 is 1.39 bits per heavy atom. The molecule has 3 rings (SSSR count). The van der Waals surface area contributed by atoms with Gasteiger partial charge in [-0.25, -0.2) is 13.2 Å². The Morgan fingerprint density at radius 1 is 0.788 bits per heavy atom. The number of anilines is 1. The number of aromatic carboxylic acids is 1.